The van der Waals surface area contributed by atoms with Crippen molar-refractivity contribution in [3.63, 3.8) is 0 Å². The minimum atomic E-state index is -3.26. The number of piperidine rings is 1. The number of nitrogens with one attached hydrogen (secondary N) is 1. The molecule has 9 heteroatoms. The normalized spacial score (nSPS) is 20.9. The summed E-state index contributed by atoms with van der Waals surface area (Å²) in [5.41, 5.74) is 0.136. The Kier molecular flexibility index (Phi) is 4.82. The van der Waals surface area contributed by atoms with Crippen LogP contribution in [-0.2, 0) is 10.0 Å². The van der Waals surface area contributed by atoms with E-state index in [1.54, 1.807) is 0 Å². The summed E-state index contributed by atoms with van der Waals surface area (Å²) in [6, 6.07) is 4.56. The first kappa shape index (κ1) is 18.5. The molecule has 7 nitrogen and oxygen atoms in total. The van der Waals surface area contributed by atoms with Gasteiger partial charge in [-0.25, -0.2) is 27.5 Å². The number of hydrogen-bond acceptors (Lipinski definition) is 6. The first-order valence-electron chi connectivity index (χ1n) is 8.25. The Labute approximate surface area is 151 Å². The standard InChI is InChI=1S/C17H20FN5O2S/c1-17(9-22-26(2,24)25)4-3-5-23(10-17)16-13-6-12(8-19)14(18)7-15(13)20-11-21-16/h6-7,11,22H,3-5,9-10H2,1-2H3. The van der Waals surface area contributed by atoms with Crippen molar-refractivity contribution < 1.29 is 12.8 Å². The van der Waals surface area contributed by atoms with E-state index in [1.807, 2.05) is 13.0 Å². The molecule has 3 rings (SSSR count). The van der Waals surface area contributed by atoms with Crippen molar-refractivity contribution in [1.82, 2.24) is 14.7 Å². The van der Waals surface area contributed by atoms with Crippen molar-refractivity contribution in [1.29, 1.82) is 5.26 Å². The molecular formula is C17H20FN5O2S. The van der Waals surface area contributed by atoms with Gasteiger partial charge in [0, 0.05) is 31.1 Å². The SMILES string of the molecule is CC1(CNS(C)(=O)=O)CCCN(c2ncnc3cc(F)c(C#N)cc23)C1. The van der Waals surface area contributed by atoms with Crippen molar-refractivity contribution in [2.45, 2.75) is 19.8 Å². The zero-order valence-electron chi connectivity index (χ0n) is 14.7. The number of halogens is 1. The second kappa shape index (κ2) is 6.78. The van der Waals surface area contributed by atoms with Crippen LogP contribution in [0.25, 0.3) is 10.9 Å². The predicted octanol–water partition coefficient (Wildman–Crippen LogP) is 1.80. The third-order valence-corrected chi connectivity index (χ3v) is 5.33. The highest BCUT2D eigenvalue weighted by atomic mass is 32.2. The van der Waals surface area contributed by atoms with Gasteiger partial charge in [-0.05, 0) is 24.3 Å². The van der Waals surface area contributed by atoms with Crippen LogP contribution in [0, 0.1) is 22.6 Å². The number of hydrogen-bond donors (Lipinski definition) is 1. The lowest BCUT2D eigenvalue weighted by molar-refractivity contribution is 0.262. The molecule has 1 saturated heterocycles. The van der Waals surface area contributed by atoms with E-state index in [1.165, 1.54) is 18.5 Å². The molecule has 1 atom stereocenters. The number of nitrogens with zero attached hydrogens (tertiary/aromatic N) is 4. The summed E-state index contributed by atoms with van der Waals surface area (Å²) in [6.07, 6.45) is 4.28. The maximum atomic E-state index is 13.9. The Hall–Kier alpha value is -2.31. The third kappa shape index (κ3) is 3.92. The molecule has 0 radical (unpaired) electrons. The summed E-state index contributed by atoms with van der Waals surface area (Å²) < 4.78 is 39.3. The van der Waals surface area contributed by atoms with Crippen molar-refractivity contribution in [2.75, 3.05) is 30.8 Å². The molecule has 1 aromatic heterocycles. The highest BCUT2D eigenvalue weighted by Crippen LogP contribution is 2.34. The fourth-order valence-corrected chi connectivity index (χ4v) is 3.96. The molecule has 0 bridgehead atoms. The van der Waals surface area contributed by atoms with E-state index in [-0.39, 0.29) is 11.0 Å². The largest absolute Gasteiger partial charge is 0.355 e. The van der Waals surface area contributed by atoms with Crippen LogP contribution in [0.15, 0.2) is 18.5 Å². The van der Waals surface area contributed by atoms with Gasteiger partial charge < -0.3 is 4.90 Å². The van der Waals surface area contributed by atoms with Crippen LogP contribution in [0.5, 0.6) is 0 Å². The van der Waals surface area contributed by atoms with Gasteiger partial charge in [0.15, 0.2) is 0 Å². The van der Waals surface area contributed by atoms with Gasteiger partial charge in [-0.2, -0.15) is 5.26 Å². The highest BCUT2D eigenvalue weighted by Gasteiger charge is 2.33. The van der Waals surface area contributed by atoms with Crippen LogP contribution in [0.1, 0.15) is 25.3 Å². The topological polar surface area (TPSA) is 99.0 Å². The molecule has 1 N–H and O–H groups in total. The lowest BCUT2D eigenvalue weighted by atomic mass is 9.82. The fraction of sp³-hybridized carbons (Fsp3) is 0.471. The average molecular weight is 377 g/mol. The van der Waals surface area contributed by atoms with Gasteiger partial charge in [0.2, 0.25) is 10.0 Å². The molecule has 1 aromatic carbocycles. The predicted molar refractivity (Wildman–Crippen MR) is 96.6 cm³/mol. The van der Waals surface area contributed by atoms with Gasteiger partial charge in [0.05, 0.1) is 17.3 Å². The zero-order chi connectivity index (χ0) is 18.9. The summed E-state index contributed by atoms with van der Waals surface area (Å²) in [5.74, 6) is 0.0299. The van der Waals surface area contributed by atoms with Crippen LogP contribution in [0.3, 0.4) is 0 Å². The fourth-order valence-electron chi connectivity index (χ4n) is 3.35. The summed E-state index contributed by atoms with van der Waals surface area (Å²) in [6.45, 7) is 3.71. The molecule has 2 heterocycles. The number of fused-ring (bicyclic) bond motifs is 1. The molecule has 0 spiro atoms. The minimum Gasteiger partial charge on any atom is -0.355 e. The maximum absolute atomic E-state index is 13.9. The van der Waals surface area contributed by atoms with E-state index in [9.17, 15) is 12.8 Å². The van der Waals surface area contributed by atoms with Crippen molar-refractivity contribution in [3.8, 4) is 6.07 Å². The van der Waals surface area contributed by atoms with E-state index in [0.717, 1.165) is 25.6 Å². The van der Waals surface area contributed by atoms with E-state index in [0.29, 0.717) is 29.8 Å². The summed E-state index contributed by atoms with van der Waals surface area (Å²) in [7, 11) is -3.26. The second-order valence-corrected chi connectivity index (χ2v) is 8.92. The first-order chi connectivity index (χ1) is 12.2. The zero-order valence-corrected chi connectivity index (χ0v) is 15.5. The van der Waals surface area contributed by atoms with Gasteiger partial charge in [-0.3, -0.25) is 0 Å². The molecule has 26 heavy (non-hydrogen) atoms. The average Bonchev–Trinajstić information content (AvgIpc) is 2.58. The lowest BCUT2D eigenvalue weighted by Crippen LogP contribution is -2.48. The Bertz CT molecular complexity index is 989. The van der Waals surface area contributed by atoms with Crippen LogP contribution in [0.4, 0.5) is 10.2 Å². The van der Waals surface area contributed by atoms with Gasteiger partial charge in [-0.1, -0.05) is 6.92 Å². The Morgan fingerprint density at radius 3 is 2.88 bits per heavy atom. The molecule has 1 fully saturated rings. The number of aromatic nitrogens is 2. The van der Waals surface area contributed by atoms with Gasteiger partial charge in [-0.15, -0.1) is 0 Å². The molecule has 0 saturated carbocycles. The smallest absolute Gasteiger partial charge is 0.208 e. The second-order valence-electron chi connectivity index (χ2n) is 7.09. The molecule has 2 aromatic rings. The number of benzene rings is 1. The molecule has 138 valence electrons. The minimum absolute atomic E-state index is 0.0490. The quantitative estimate of drug-likeness (QED) is 0.872. The van der Waals surface area contributed by atoms with Gasteiger partial charge >= 0.3 is 0 Å². The number of anilines is 1. The summed E-state index contributed by atoms with van der Waals surface area (Å²) >= 11 is 0. The molecule has 1 unspecified atom stereocenters. The number of rotatable bonds is 4. The molecule has 0 amide bonds. The van der Waals surface area contributed by atoms with Crippen LogP contribution in [-0.4, -0.2) is 44.3 Å². The van der Waals surface area contributed by atoms with Crippen molar-refractivity contribution >= 4 is 26.7 Å². The highest BCUT2D eigenvalue weighted by molar-refractivity contribution is 7.88. The maximum Gasteiger partial charge on any atom is 0.208 e. The van der Waals surface area contributed by atoms with E-state index < -0.39 is 15.8 Å². The lowest BCUT2D eigenvalue weighted by Gasteiger charge is -2.41. The van der Waals surface area contributed by atoms with Crippen LogP contribution >= 0.6 is 0 Å². The molecule has 0 aliphatic carbocycles. The summed E-state index contributed by atoms with van der Waals surface area (Å²) in [4.78, 5) is 10.5. The Morgan fingerprint density at radius 2 is 2.19 bits per heavy atom. The number of sulfonamides is 1. The summed E-state index contributed by atoms with van der Waals surface area (Å²) in [5, 5.41) is 9.72. The van der Waals surface area contributed by atoms with E-state index >= 15 is 0 Å². The van der Waals surface area contributed by atoms with Gasteiger partial charge in [0.1, 0.15) is 24.0 Å². The first-order valence-corrected chi connectivity index (χ1v) is 10.1. The molecular weight excluding hydrogens is 357 g/mol. The van der Waals surface area contributed by atoms with Crippen molar-refractivity contribution in [3.05, 3.63) is 29.8 Å². The third-order valence-electron chi connectivity index (χ3n) is 4.67. The van der Waals surface area contributed by atoms with Crippen LogP contribution < -0.4 is 9.62 Å². The number of nitriles is 1. The molecule has 1 aliphatic heterocycles. The van der Waals surface area contributed by atoms with E-state index in [4.69, 9.17) is 5.26 Å². The Balaban J connectivity index is 1.94. The van der Waals surface area contributed by atoms with E-state index in [2.05, 4.69) is 19.6 Å². The van der Waals surface area contributed by atoms with Gasteiger partial charge in [0.25, 0.3) is 0 Å². The Morgan fingerprint density at radius 1 is 1.42 bits per heavy atom. The molecule has 1 aliphatic rings. The van der Waals surface area contributed by atoms with Crippen LogP contribution in [0.2, 0.25) is 0 Å². The monoisotopic (exact) mass is 377 g/mol. The van der Waals surface area contributed by atoms with Crippen molar-refractivity contribution in [2.24, 2.45) is 5.41 Å².